The van der Waals surface area contributed by atoms with Crippen LogP contribution in [-0.2, 0) is 6.54 Å². The highest BCUT2D eigenvalue weighted by Crippen LogP contribution is 2.29. The van der Waals surface area contributed by atoms with Gasteiger partial charge in [0, 0.05) is 18.3 Å². The summed E-state index contributed by atoms with van der Waals surface area (Å²) in [4.78, 5) is 4.28. The topological polar surface area (TPSA) is 88.1 Å². The fraction of sp³-hybridized carbons (Fsp3) is 0.417. The van der Waals surface area contributed by atoms with Gasteiger partial charge < -0.3 is 15.2 Å². The average molecular weight is 263 g/mol. The van der Waals surface area contributed by atoms with Crippen LogP contribution in [0.4, 0.5) is 0 Å². The summed E-state index contributed by atoms with van der Waals surface area (Å²) < 4.78 is 12.2. The van der Waals surface area contributed by atoms with Crippen molar-refractivity contribution in [3.8, 4) is 11.5 Å². The maximum Gasteiger partial charge on any atom is 0.184 e. The molecule has 0 aliphatic heterocycles. The minimum atomic E-state index is -0.145. The Morgan fingerprint density at radius 2 is 2.16 bits per heavy atom. The molecular formula is C12H17N5O2. The molecule has 0 saturated heterocycles. The van der Waals surface area contributed by atoms with Crippen molar-refractivity contribution in [1.82, 2.24) is 20.0 Å². The fourth-order valence-corrected chi connectivity index (χ4v) is 1.72. The van der Waals surface area contributed by atoms with E-state index in [1.54, 1.807) is 37.4 Å². The first-order valence-corrected chi connectivity index (χ1v) is 5.87. The molecule has 2 aromatic rings. The summed E-state index contributed by atoms with van der Waals surface area (Å²) in [7, 11) is 3.17. The molecule has 2 aromatic heterocycles. The van der Waals surface area contributed by atoms with Crippen LogP contribution < -0.4 is 15.2 Å². The minimum absolute atomic E-state index is 0.145. The summed E-state index contributed by atoms with van der Waals surface area (Å²) in [5.74, 6) is 1.24. The Balaban J connectivity index is 2.27. The predicted molar refractivity (Wildman–Crippen MR) is 69.1 cm³/mol. The molecule has 0 aromatic carbocycles. The first-order chi connectivity index (χ1) is 9.15. The smallest absolute Gasteiger partial charge is 0.184 e. The molecule has 7 heteroatoms. The lowest BCUT2D eigenvalue weighted by molar-refractivity contribution is 0.348. The van der Waals surface area contributed by atoms with Crippen LogP contribution in [0.15, 0.2) is 18.5 Å². The Morgan fingerprint density at radius 3 is 2.74 bits per heavy atom. The van der Waals surface area contributed by atoms with E-state index < -0.39 is 0 Å². The first kappa shape index (κ1) is 13.3. The van der Waals surface area contributed by atoms with Crippen LogP contribution in [0.1, 0.15) is 24.4 Å². The molecule has 0 spiro atoms. The number of hydrogen-bond acceptors (Lipinski definition) is 6. The molecular weight excluding hydrogens is 246 g/mol. The van der Waals surface area contributed by atoms with Crippen LogP contribution in [-0.4, -0.2) is 34.2 Å². The van der Waals surface area contributed by atoms with Gasteiger partial charge in [0.25, 0.3) is 0 Å². The number of rotatable bonds is 5. The molecule has 1 atom stereocenters. The Labute approximate surface area is 111 Å². The maximum atomic E-state index is 5.75. The van der Waals surface area contributed by atoms with Gasteiger partial charge in [0.1, 0.15) is 5.69 Å². The van der Waals surface area contributed by atoms with Crippen LogP contribution in [0.2, 0.25) is 0 Å². The van der Waals surface area contributed by atoms with E-state index in [9.17, 15) is 0 Å². The van der Waals surface area contributed by atoms with Crippen molar-refractivity contribution in [1.29, 1.82) is 0 Å². The van der Waals surface area contributed by atoms with Gasteiger partial charge in [0.2, 0.25) is 0 Å². The van der Waals surface area contributed by atoms with Gasteiger partial charge in [-0.05, 0) is 6.92 Å². The van der Waals surface area contributed by atoms with Crippen molar-refractivity contribution in [2.24, 2.45) is 5.73 Å². The van der Waals surface area contributed by atoms with Crippen molar-refractivity contribution in [2.75, 3.05) is 14.2 Å². The van der Waals surface area contributed by atoms with E-state index in [0.29, 0.717) is 18.0 Å². The van der Waals surface area contributed by atoms with Crippen molar-refractivity contribution >= 4 is 0 Å². The van der Waals surface area contributed by atoms with Gasteiger partial charge in [-0.2, -0.15) is 0 Å². The summed E-state index contributed by atoms with van der Waals surface area (Å²) in [6.45, 7) is 2.30. The van der Waals surface area contributed by atoms with E-state index >= 15 is 0 Å². The molecule has 0 aliphatic carbocycles. The molecule has 0 bridgehead atoms. The molecule has 1 unspecified atom stereocenters. The Hall–Kier alpha value is -2.15. The van der Waals surface area contributed by atoms with Crippen LogP contribution >= 0.6 is 0 Å². The van der Waals surface area contributed by atoms with Gasteiger partial charge in [-0.1, -0.05) is 5.21 Å². The Kier molecular flexibility index (Phi) is 3.96. The molecule has 0 aliphatic rings. The minimum Gasteiger partial charge on any atom is -0.493 e. The summed E-state index contributed by atoms with van der Waals surface area (Å²) in [5, 5.41) is 8.01. The van der Waals surface area contributed by atoms with Gasteiger partial charge in [-0.25, -0.2) is 4.68 Å². The highest BCUT2D eigenvalue weighted by atomic mass is 16.5. The maximum absolute atomic E-state index is 5.75. The zero-order chi connectivity index (χ0) is 13.8. The average Bonchev–Trinajstić information content (AvgIpc) is 2.87. The second-order valence-electron chi connectivity index (χ2n) is 4.12. The second kappa shape index (κ2) is 5.66. The fourth-order valence-electron chi connectivity index (χ4n) is 1.72. The van der Waals surface area contributed by atoms with Crippen LogP contribution in [0.3, 0.4) is 0 Å². The number of aromatic nitrogens is 4. The third kappa shape index (κ3) is 2.82. The zero-order valence-corrected chi connectivity index (χ0v) is 11.2. The van der Waals surface area contributed by atoms with Gasteiger partial charge in [-0.3, -0.25) is 4.98 Å². The Morgan fingerprint density at radius 1 is 1.37 bits per heavy atom. The molecule has 7 nitrogen and oxygen atoms in total. The quantitative estimate of drug-likeness (QED) is 0.856. The van der Waals surface area contributed by atoms with E-state index in [1.165, 1.54) is 0 Å². The summed E-state index contributed by atoms with van der Waals surface area (Å²) in [6, 6.07) is 1.60. The van der Waals surface area contributed by atoms with E-state index in [4.69, 9.17) is 15.2 Å². The number of nitrogens with two attached hydrogens (primary N) is 1. The molecule has 0 radical (unpaired) electrons. The normalized spacial score (nSPS) is 12.2. The van der Waals surface area contributed by atoms with Crippen LogP contribution in [0.25, 0.3) is 0 Å². The third-order valence-corrected chi connectivity index (χ3v) is 2.70. The number of hydrogen-bond donors (Lipinski definition) is 1. The van der Waals surface area contributed by atoms with E-state index in [0.717, 1.165) is 11.4 Å². The van der Waals surface area contributed by atoms with Gasteiger partial charge in [0.05, 0.1) is 32.7 Å². The molecule has 2 N–H and O–H groups in total. The molecule has 2 heterocycles. The Bertz CT molecular complexity index is 553. The van der Waals surface area contributed by atoms with Gasteiger partial charge in [-0.15, -0.1) is 5.10 Å². The lowest BCUT2D eigenvalue weighted by Crippen LogP contribution is -2.06. The molecule has 0 fully saturated rings. The highest BCUT2D eigenvalue weighted by molar-refractivity contribution is 5.42. The molecule has 102 valence electrons. The molecule has 0 amide bonds. The predicted octanol–water partition coefficient (Wildman–Crippen LogP) is 0.758. The largest absolute Gasteiger partial charge is 0.493 e. The second-order valence-corrected chi connectivity index (χ2v) is 4.12. The standard InChI is InChI=1S/C12H17N5O2/c1-8(13)9-6-17(16-15-9)7-10-12(19-3)11(18-2)4-5-14-10/h4-6,8H,7,13H2,1-3H3. The number of pyridine rings is 1. The van der Waals surface area contributed by atoms with Gasteiger partial charge in [0.15, 0.2) is 11.5 Å². The number of methoxy groups -OCH3 is 2. The lowest BCUT2D eigenvalue weighted by Gasteiger charge is -2.11. The SMILES string of the molecule is COc1ccnc(Cn2cc(C(C)N)nn2)c1OC. The van der Waals surface area contributed by atoms with Crippen molar-refractivity contribution < 1.29 is 9.47 Å². The lowest BCUT2D eigenvalue weighted by atomic mass is 10.3. The van der Waals surface area contributed by atoms with Crippen LogP contribution in [0, 0.1) is 0 Å². The van der Waals surface area contributed by atoms with E-state index in [-0.39, 0.29) is 6.04 Å². The van der Waals surface area contributed by atoms with Crippen LogP contribution in [0.5, 0.6) is 11.5 Å². The van der Waals surface area contributed by atoms with E-state index in [2.05, 4.69) is 15.3 Å². The summed E-state index contributed by atoms with van der Waals surface area (Å²) in [6.07, 6.45) is 3.46. The van der Waals surface area contributed by atoms with Crippen molar-refractivity contribution in [3.05, 3.63) is 29.8 Å². The number of ether oxygens (including phenoxy) is 2. The molecule has 2 rings (SSSR count). The highest BCUT2D eigenvalue weighted by Gasteiger charge is 2.13. The van der Waals surface area contributed by atoms with E-state index in [1.807, 2.05) is 6.92 Å². The number of nitrogens with zero attached hydrogens (tertiary/aromatic N) is 4. The van der Waals surface area contributed by atoms with Gasteiger partial charge >= 0.3 is 0 Å². The van der Waals surface area contributed by atoms with Crippen molar-refractivity contribution in [3.63, 3.8) is 0 Å². The first-order valence-electron chi connectivity index (χ1n) is 5.87. The van der Waals surface area contributed by atoms with Crippen molar-refractivity contribution in [2.45, 2.75) is 19.5 Å². The third-order valence-electron chi connectivity index (χ3n) is 2.70. The summed E-state index contributed by atoms with van der Waals surface area (Å²) in [5.41, 5.74) is 7.21. The zero-order valence-electron chi connectivity index (χ0n) is 11.2. The molecule has 19 heavy (non-hydrogen) atoms. The molecule has 0 saturated carbocycles. The monoisotopic (exact) mass is 263 g/mol. The summed E-state index contributed by atoms with van der Waals surface area (Å²) >= 11 is 0.